The Morgan fingerprint density at radius 2 is 2.05 bits per heavy atom. The number of hydrogen-bond acceptors (Lipinski definition) is 2. The topological polar surface area (TPSA) is 38.3 Å². The van der Waals surface area contributed by atoms with Crippen molar-refractivity contribution >= 4 is 5.91 Å². The highest BCUT2D eigenvalue weighted by Gasteiger charge is 2.14. The maximum Gasteiger partial charge on any atom is 0.224 e. The minimum absolute atomic E-state index is 0.0842. The third-order valence-corrected chi connectivity index (χ3v) is 4.13. The Hall–Kier alpha value is -1.51. The largest absolute Gasteiger partial charge is 0.496 e. The van der Waals surface area contributed by atoms with Crippen LogP contribution in [-0.2, 0) is 11.2 Å². The van der Waals surface area contributed by atoms with Crippen LogP contribution in [0.3, 0.4) is 0 Å². The van der Waals surface area contributed by atoms with Gasteiger partial charge in [0.05, 0.1) is 13.5 Å². The van der Waals surface area contributed by atoms with Gasteiger partial charge in [-0.15, -0.1) is 0 Å². The van der Waals surface area contributed by atoms with Gasteiger partial charge in [0.25, 0.3) is 0 Å². The summed E-state index contributed by atoms with van der Waals surface area (Å²) in [5.41, 5.74) is 0.947. The number of carbonyl (C=O) groups is 1. The number of methoxy groups -OCH3 is 1. The fourth-order valence-electron chi connectivity index (χ4n) is 3.00. The molecule has 0 bridgehead atoms. The molecule has 0 atom stereocenters. The van der Waals surface area contributed by atoms with E-state index in [1.807, 2.05) is 24.3 Å². The van der Waals surface area contributed by atoms with Gasteiger partial charge in [-0.25, -0.2) is 0 Å². The lowest BCUT2D eigenvalue weighted by atomic mass is 10.0. The summed E-state index contributed by atoms with van der Waals surface area (Å²) in [6, 6.07) is 7.69. The number of carbonyl (C=O) groups excluding carboxylic acids is 1. The molecule has 2 rings (SSSR count). The first kappa shape index (κ1) is 14.9. The molecule has 1 amide bonds. The molecule has 1 aromatic carbocycles. The second-order valence-corrected chi connectivity index (χ2v) is 5.63. The predicted molar refractivity (Wildman–Crippen MR) is 80.9 cm³/mol. The summed E-state index contributed by atoms with van der Waals surface area (Å²) in [6.45, 7) is 0.796. The van der Waals surface area contributed by atoms with Crippen LogP contribution in [-0.4, -0.2) is 19.6 Å². The lowest BCUT2D eigenvalue weighted by molar-refractivity contribution is -0.120. The van der Waals surface area contributed by atoms with E-state index in [1.165, 1.54) is 32.1 Å². The number of benzene rings is 1. The van der Waals surface area contributed by atoms with Gasteiger partial charge < -0.3 is 10.1 Å². The number of para-hydroxylation sites is 1. The van der Waals surface area contributed by atoms with Crippen molar-refractivity contribution in [2.75, 3.05) is 13.7 Å². The third-order valence-electron chi connectivity index (χ3n) is 4.13. The van der Waals surface area contributed by atoms with Crippen LogP contribution >= 0.6 is 0 Å². The van der Waals surface area contributed by atoms with E-state index >= 15 is 0 Å². The van der Waals surface area contributed by atoms with E-state index in [0.717, 1.165) is 30.2 Å². The molecule has 1 saturated carbocycles. The van der Waals surface area contributed by atoms with Gasteiger partial charge in [0.15, 0.2) is 0 Å². The van der Waals surface area contributed by atoms with Gasteiger partial charge in [-0.1, -0.05) is 43.9 Å². The minimum atomic E-state index is 0.0842. The van der Waals surface area contributed by atoms with E-state index < -0.39 is 0 Å². The summed E-state index contributed by atoms with van der Waals surface area (Å²) < 4.78 is 5.26. The highest BCUT2D eigenvalue weighted by Crippen LogP contribution is 2.28. The molecule has 0 heterocycles. The standard InChI is InChI=1S/C17H25NO2/c1-20-16-11-5-4-10-15(16)13-17(19)18-12-6-9-14-7-2-3-8-14/h4-5,10-11,14H,2-3,6-9,12-13H2,1H3,(H,18,19). The van der Waals surface area contributed by atoms with E-state index in [0.29, 0.717) is 6.42 Å². The quantitative estimate of drug-likeness (QED) is 0.775. The van der Waals surface area contributed by atoms with Crippen LogP contribution in [0.5, 0.6) is 5.75 Å². The minimum Gasteiger partial charge on any atom is -0.496 e. The molecular formula is C17H25NO2. The van der Waals surface area contributed by atoms with Crippen molar-refractivity contribution in [2.24, 2.45) is 5.92 Å². The first-order valence-corrected chi connectivity index (χ1v) is 7.68. The molecule has 0 unspecified atom stereocenters. The molecule has 1 N–H and O–H groups in total. The zero-order valence-electron chi connectivity index (χ0n) is 12.4. The van der Waals surface area contributed by atoms with Gasteiger partial charge in [-0.3, -0.25) is 4.79 Å². The number of hydrogen-bond donors (Lipinski definition) is 1. The molecule has 0 aliphatic heterocycles. The molecule has 0 saturated heterocycles. The molecular weight excluding hydrogens is 250 g/mol. The van der Waals surface area contributed by atoms with Crippen LogP contribution in [0.2, 0.25) is 0 Å². The van der Waals surface area contributed by atoms with Crippen molar-refractivity contribution < 1.29 is 9.53 Å². The molecule has 3 nitrogen and oxygen atoms in total. The van der Waals surface area contributed by atoms with Crippen molar-refractivity contribution in [1.29, 1.82) is 0 Å². The van der Waals surface area contributed by atoms with E-state index in [9.17, 15) is 4.79 Å². The SMILES string of the molecule is COc1ccccc1CC(=O)NCCCC1CCCC1. The van der Waals surface area contributed by atoms with Crippen LogP contribution < -0.4 is 10.1 Å². The Kier molecular flexibility index (Phi) is 5.90. The summed E-state index contributed by atoms with van der Waals surface area (Å²) >= 11 is 0. The first-order valence-electron chi connectivity index (χ1n) is 7.68. The Morgan fingerprint density at radius 1 is 1.30 bits per heavy atom. The van der Waals surface area contributed by atoms with Crippen molar-refractivity contribution in [2.45, 2.75) is 44.9 Å². The van der Waals surface area contributed by atoms with Gasteiger partial charge in [0, 0.05) is 12.1 Å². The Labute approximate surface area is 121 Å². The Morgan fingerprint density at radius 3 is 2.80 bits per heavy atom. The normalized spacial score (nSPS) is 15.2. The second-order valence-electron chi connectivity index (χ2n) is 5.63. The monoisotopic (exact) mass is 275 g/mol. The van der Waals surface area contributed by atoms with Gasteiger partial charge in [0.2, 0.25) is 5.91 Å². The van der Waals surface area contributed by atoms with E-state index in [1.54, 1.807) is 7.11 Å². The molecule has 0 aromatic heterocycles. The summed E-state index contributed by atoms with van der Waals surface area (Å²) in [5, 5.41) is 3.01. The molecule has 0 radical (unpaired) electrons. The van der Waals surface area contributed by atoms with Crippen LogP contribution in [0, 0.1) is 5.92 Å². The van der Waals surface area contributed by atoms with Gasteiger partial charge in [-0.2, -0.15) is 0 Å². The fraction of sp³-hybridized carbons (Fsp3) is 0.588. The molecule has 20 heavy (non-hydrogen) atoms. The van der Waals surface area contributed by atoms with Crippen molar-refractivity contribution in [3.8, 4) is 5.75 Å². The van der Waals surface area contributed by atoms with E-state index in [4.69, 9.17) is 4.74 Å². The maximum atomic E-state index is 11.9. The molecule has 110 valence electrons. The van der Waals surface area contributed by atoms with Crippen molar-refractivity contribution in [3.05, 3.63) is 29.8 Å². The summed E-state index contributed by atoms with van der Waals surface area (Å²) in [5.74, 6) is 1.77. The predicted octanol–water partition coefficient (Wildman–Crippen LogP) is 3.32. The lowest BCUT2D eigenvalue weighted by Crippen LogP contribution is -2.26. The molecule has 1 aliphatic rings. The molecule has 1 fully saturated rings. The Bertz CT molecular complexity index is 425. The maximum absolute atomic E-state index is 11.9. The number of amides is 1. The van der Waals surface area contributed by atoms with Crippen LogP contribution in [0.1, 0.15) is 44.1 Å². The zero-order chi connectivity index (χ0) is 14.2. The lowest BCUT2D eigenvalue weighted by Gasteiger charge is -2.10. The van der Waals surface area contributed by atoms with Crippen LogP contribution in [0.25, 0.3) is 0 Å². The van der Waals surface area contributed by atoms with Gasteiger partial charge in [-0.05, 0) is 24.8 Å². The smallest absolute Gasteiger partial charge is 0.224 e. The zero-order valence-corrected chi connectivity index (χ0v) is 12.4. The number of nitrogens with one attached hydrogen (secondary N) is 1. The highest BCUT2D eigenvalue weighted by molar-refractivity contribution is 5.79. The summed E-state index contributed by atoms with van der Waals surface area (Å²) in [4.78, 5) is 11.9. The van der Waals surface area contributed by atoms with Crippen LogP contribution in [0.15, 0.2) is 24.3 Å². The molecule has 3 heteroatoms. The van der Waals surface area contributed by atoms with Gasteiger partial charge in [0.1, 0.15) is 5.75 Å². The highest BCUT2D eigenvalue weighted by atomic mass is 16.5. The summed E-state index contributed by atoms with van der Waals surface area (Å²) in [6.07, 6.45) is 8.31. The fourth-order valence-corrected chi connectivity index (χ4v) is 3.00. The van der Waals surface area contributed by atoms with E-state index in [2.05, 4.69) is 5.32 Å². The molecule has 1 aromatic rings. The number of ether oxygens (including phenoxy) is 1. The van der Waals surface area contributed by atoms with Crippen molar-refractivity contribution in [3.63, 3.8) is 0 Å². The van der Waals surface area contributed by atoms with Gasteiger partial charge >= 0.3 is 0 Å². The van der Waals surface area contributed by atoms with Crippen LogP contribution in [0.4, 0.5) is 0 Å². The molecule has 1 aliphatic carbocycles. The molecule has 0 spiro atoms. The third kappa shape index (κ3) is 4.55. The van der Waals surface area contributed by atoms with Crippen molar-refractivity contribution in [1.82, 2.24) is 5.32 Å². The summed E-state index contributed by atoms with van der Waals surface area (Å²) in [7, 11) is 1.64. The second kappa shape index (κ2) is 7.93. The number of rotatable bonds is 7. The Balaban J connectivity index is 1.67. The first-order chi connectivity index (χ1) is 9.79. The van der Waals surface area contributed by atoms with E-state index in [-0.39, 0.29) is 5.91 Å². The average Bonchev–Trinajstić information content (AvgIpc) is 2.97. The average molecular weight is 275 g/mol.